The van der Waals surface area contributed by atoms with E-state index in [1.807, 2.05) is 6.92 Å². The van der Waals surface area contributed by atoms with Gasteiger partial charge in [-0.25, -0.2) is 13.1 Å². The highest BCUT2D eigenvalue weighted by Gasteiger charge is 2.28. The van der Waals surface area contributed by atoms with Gasteiger partial charge in [-0.1, -0.05) is 13.5 Å². The Morgan fingerprint density at radius 3 is 2.25 bits per heavy atom. The zero-order valence-corrected chi connectivity index (χ0v) is 14.8. The number of nitrogens with one attached hydrogen (secondary N) is 2. The second kappa shape index (κ2) is 7.79. The summed E-state index contributed by atoms with van der Waals surface area (Å²) in [6, 6.07) is -0.150. The molecule has 0 amide bonds. The average Bonchev–Trinajstić information content (AvgIpc) is 2.30. The van der Waals surface area contributed by atoms with Gasteiger partial charge in [0, 0.05) is 23.4 Å². The van der Waals surface area contributed by atoms with Crippen molar-refractivity contribution >= 4 is 22.7 Å². The molecule has 0 saturated carbocycles. The van der Waals surface area contributed by atoms with E-state index in [2.05, 4.69) is 29.2 Å². The van der Waals surface area contributed by atoms with Gasteiger partial charge in [-0.05, 0) is 40.2 Å². The summed E-state index contributed by atoms with van der Waals surface area (Å²) in [7, 11) is -1.74. The summed E-state index contributed by atoms with van der Waals surface area (Å²) in [6.07, 6.45) is 0.324. The van der Waals surface area contributed by atoms with Gasteiger partial charge < -0.3 is 11.1 Å². The Labute approximate surface area is 129 Å². The first-order chi connectivity index (χ1) is 8.94. The van der Waals surface area contributed by atoms with E-state index in [9.17, 15) is 8.42 Å². The summed E-state index contributed by atoms with van der Waals surface area (Å²) in [5, 5.41) is 3.12. The maximum Gasteiger partial charge on any atom is 0.236 e. The molecule has 0 aliphatic rings. The Hall–Kier alpha value is -0.0800. The van der Waals surface area contributed by atoms with Gasteiger partial charge in [0.05, 0.1) is 4.91 Å². The molecule has 0 fully saturated rings. The van der Waals surface area contributed by atoms with Gasteiger partial charge >= 0.3 is 0 Å². The second-order valence-corrected chi connectivity index (χ2v) is 8.35. The molecule has 0 radical (unpaired) electrons. The van der Waals surface area contributed by atoms with Crippen LogP contribution >= 0.6 is 12.6 Å². The molecule has 0 aromatic carbocycles. The number of nitrogens with two attached hydrogens (primary N) is 1. The van der Waals surface area contributed by atoms with Crippen molar-refractivity contribution in [3.63, 3.8) is 0 Å². The fourth-order valence-electron chi connectivity index (χ4n) is 1.85. The van der Waals surface area contributed by atoms with Crippen LogP contribution in [0.4, 0.5) is 0 Å². The predicted molar refractivity (Wildman–Crippen MR) is 89.4 cm³/mol. The van der Waals surface area contributed by atoms with E-state index in [0.717, 1.165) is 0 Å². The van der Waals surface area contributed by atoms with E-state index in [1.165, 1.54) is 0 Å². The minimum absolute atomic E-state index is 0.0545. The smallest absolute Gasteiger partial charge is 0.236 e. The lowest BCUT2D eigenvalue weighted by Gasteiger charge is -2.29. The van der Waals surface area contributed by atoms with Crippen molar-refractivity contribution in [2.45, 2.75) is 51.7 Å². The summed E-state index contributed by atoms with van der Waals surface area (Å²) in [4.78, 5) is 0.171. The monoisotopic (exact) mass is 323 g/mol. The molecule has 0 aromatic heterocycles. The number of hydrogen-bond donors (Lipinski definition) is 4. The van der Waals surface area contributed by atoms with Gasteiger partial charge in [0.15, 0.2) is 0 Å². The molecule has 1 unspecified atom stereocenters. The Morgan fingerprint density at radius 2 is 1.90 bits per heavy atom. The van der Waals surface area contributed by atoms with Crippen LogP contribution in [0, 0.1) is 5.92 Å². The minimum atomic E-state index is -3.53. The number of rotatable bonds is 8. The van der Waals surface area contributed by atoms with Crippen molar-refractivity contribution in [1.29, 1.82) is 0 Å². The second-order valence-electron chi connectivity index (χ2n) is 6.20. The highest BCUT2D eigenvalue weighted by atomic mass is 32.2. The van der Waals surface area contributed by atoms with E-state index < -0.39 is 15.6 Å². The maximum atomic E-state index is 12.2. The molecule has 5 nitrogen and oxygen atoms in total. The topological polar surface area (TPSA) is 84.2 Å². The fraction of sp³-hybridized carbons (Fsp3) is 0.846. The van der Waals surface area contributed by atoms with Crippen LogP contribution in [0.2, 0.25) is 0 Å². The lowest BCUT2D eigenvalue weighted by atomic mass is 9.93. The van der Waals surface area contributed by atoms with Crippen LogP contribution in [0.1, 0.15) is 34.1 Å². The van der Waals surface area contributed by atoms with E-state index in [4.69, 9.17) is 5.73 Å². The summed E-state index contributed by atoms with van der Waals surface area (Å²) in [5.41, 5.74) is 5.44. The number of sulfonamides is 1. The molecule has 4 N–H and O–H groups in total. The summed E-state index contributed by atoms with van der Waals surface area (Å²) >= 11 is 4.19. The van der Waals surface area contributed by atoms with Gasteiger partial charge in [0.25, 0.3) is 0 Å². The molecule has 0 spiro atoms. The molecule has 0 bridgehead atoms. The van der Waals surface area contributed by atoms with Crippen molar-refractivity contribution in [3.8, 4) is 0 Å². The van der Waals surface area contributed by atoms with Gasteiger partial charge in [-0.2, -0.15) is 12.6 Å². The molecule has 0 aliphatic carbocycles. The molecule has 3 atom stereocenters. The molecule has 0 aliphatic heterocycles. The minimum Gasteiger partial charge on any atom is -0.327 e. The van der Waals surface area contributed by atoms with Crippen LogP contribution in [0.25, 0.3) is 0 Å². The molecule has 7 heteroatoms. The predicted octanol–water partition coefficient (Wildman–Crippen LogP) is 1.09. The van der Waals surface area contributed by atoms with Crippen molar-refractivity contribution in [2.75, 3.05) is 12.8 Å². The molecule has 0 aromatic rings. The van der Waals surface area contributed by atoms with Crippen molar-refractivity contribution < 1.29 is 8.42 Å². The van der Waals surface area contributed by atoms with E-state index in [0.29, 0.717) is 12.2 Å². The van der Waals surface area contributed by atoms with Gasteiger partial charge in [0.1, 0.15) is 0 Å². The summed E-state index contributed by atoms with van der Waals surface area (Å²) in [5.74, 6) is 0.651. The lowest BCUT2D eigenvalue weighted by Crippen LogP contribution is -2.45. The fourth-order valence-corrected chi connectivity index (χ4v) is 3.53. The highest BCUT2D eigenvalue weighted by Crippen LogP contribution is 2.19. The third-order valence-corrected chi connectivity index (χ3v) is 5.39. The maximum absolute atomic E-state index is 12.2. The first-order valence-electron chi connectivity index (χ1n) is 6.70. The SMILES string of the molecule is C=C(C[C@@H](NC)[C@H](C)C(N)CS)S(=O)(=O)NC(C)(C)C. The Kier molecular flexibility index (Phi) is 7.76. The van der Waals surface area contributed by atoms with E-state index in [1.54, 1.807) is 27.8 Å². The largest absolute Gasteiger partial charge is 0.327 e. The normalized spacial score (nSPS) is 17.6. The summed E-state index contributed by atoms with van der Waals surface area (Å²) < 4.78 is 27.0. The molecule has 0 heterocycles. The van der Waals surface area contributed by atoms with E-state index in [-0.39, 0.29) is 22.9 Å². The molecule has 0 rings (SSSR count). The van der Waals surface area contributed by atoms with Crippen LogP contribution in [0.5, 0.6) is 0 Å². The van der Waals surface area contributed by atoms with Crippen molar-refractivity contribution in [2.24, 2.45) is 11.7 Å². The van der Waals surface area contributed by atoms with Crippen LogP contribution in [0.3, 0.4) is 0 Å². The van der Waals surface area contributed by atoms with E-state index >= 15 is 0 Å². The molecule has 20 heavy (non-hydrogen) atoms. The number of thiol groups is 1. The zero-order chi connectivity index (χ0) is 16.1. The van der Waals surface area contributed by atoms with Crippen LogP contribution in [-0.2, 0) is 10.0 Å². The Morgan fingerprint density at radius 1 is 1.40 bits per heavy atom. The first kappa shape index (κ1) is 19.9. The molecule has 0 saturated heterocycles. The van der Waals surface area contributed by atoms with Crippen molar-refractivity contribution in [1.82, 2.24) is 10.0 Å². The Bertz CT molecular complexity index is 416. The molecular formula is C13H29N3O2S2. The zero-order valence-electron chi connectivity index (χ0n) is 13.1. The standard InChI is InChI=1S/C13H29N3O2S2/c1-9(20(17,18)16-13(3,4)5)7-12(15-6)10(2)11(14)8-19/h10-12,15-16,19H,1,7-8,14H2,2-6H3/t10-,11?,12-/m1/s1. The average molecular weight is 324 g/mol. The van der Waals surface area contributed by atoms with Gasteiger partial charge in [-0.3, -0.25) is 0 Å². The van der Waals surface area contributed by atoms with Crippen LogP contribution < -0.4 is 15.8 Å². The summed E-state index contributed by atoms with van der Waals surface area (Å²) in [6.45, 7) is 11.1. The molecular weight excluding hydrogens is 294 g/mol. The van der Waals surface area contributed by atoms with Crippen LogP contribution in [-0.4, -0.2) is 38.8 Å². The Balaban J connectivity index is 4.88. The number of hydrogen-bond acceptors (Lipinski definition) is 5. The van der Waals surface area contributed by atoms with Gasteiger partial charge in [0.2, 0.25) is 10.0 Å². The quantitative estimate of drug-likeness (QED) is 0.504. The highest BCUT2D eigenvalue weighted by molar-refractivity contribution is 7.93. The molecule has 120 valence electrons. The van der Waals surface area contributed by atoms with Gasteiger partial charge in [-0.15, -0.1) is 0 Å². The third kappa shape index (κ3) is 6.58. The first-order valence-corrected chi connectivity index (χ1v) is 8.81. The van der Waals surface area contributed by atoms with Crippen molar-refractivity contribution in [3.05, 3.63) is 11.5 Å². The lowest BCUT2D eigenvalue weighted by molar-refractivity contribution is 0.354. The third-order valence-electron chi connectivity index (χ3n) is 3.16. The van der Waals surface area contributed by atoms with Crippen LogP contribution in [0.15, 0.2) is 11.5 Å².